The van der Waals surface area contributed by atoms with Crippen LogP contribution in [-0.2, 0) is 30.7 Å². The molecule has 1 heterocycles. The van der Waals surface area contributed by atoms with E-state index in [2.05, 4.69) is 23.2 Å². The van der Waals surface area contributed by atoms with Gasteiger partial charge in [-0.15, -0.1) is 0 Å². The Kier molecular flexibility index (Phi) is 6.04. The van der Waals surface area contributed by atoms with Crippen molar-refractivity contribution in [1.29, 1.82) is 0 Å². The molecule has 1 N–H and O–H groups in total. The fourth-order valence-corrected chi connectivity index (χ4v) is 3.51. The van der Waals surface area contributed by atoms with E-state index in [0.29, 0.717) is 6.61 Å². The van der Waals surface area contributed by atoms with Crippen LogP contribution in [0.5, 0.6) is 5.75 Å². The lowest BCUT2D eigenvalue weighted by Crippen LogP contribution is -2.04. The fourth-order valence-electron chi connectivity index (χ4n) is 3.51. The van der Waals surface area contributed by atoms with E-state index in [1.807, 2.05) is 66.7 Å². The lowest BCUT2D eigenvalue weighted by Gasteiger charge is -2.09. The van der Waals surface area contributed by atoms with Crippen LogP contribution in [0.15, 0.2) is 84.9 Å². The lowest BCUT2D eigenvalue weighted by molar-refractivity contribution is -0.136. The molecule has 0 saturated carbocycles. The Morgan fingerprint density at radius 2 is 1.53 bits per heavy atom. The van der Waals surface area contributed by atoms with E-state index in [4.69, 9.17) is 9.84 Å². The summed E-state index contributed by atoms with van der Waals surface area (Å²) in [5.74, 6) is 0.00448. The highest BCUT2D eigenvalue weighted by atomic mass is 16.5. The first-order valence-corrected chi connectivity index (χ1v) is 10.0. The molecular weight excluding hydrogens is 374 g/mol. The van der Waals surface area contributed by atoms with Crippen LogP contribution in [0.3, 0.4) is 0 Å². The number of carboxylic acids is 1. The molecule has 0 radical (unpaired) electrons. The molecule has 4 rings (SSSR count). The molecule has 150 valence electrons. The number of fused-ring (bicyclic) bond motifs is 1. The van der Waals surface area contributed by atoms with Crippen LogP contribution in [0.25, 0.3) is 10.9 Å². The summed E-state index contributed by atoms with van der Waals surface area (Å²) < 4.78 is 5.89. The Morgan fingerprint density at radius 1 is 0.800 bits per heavy atom. The third-order valence-electron chi connectivity index (χ3n) is 5.11. The Bertz CT molecular complexity index is 1150. The second-order valence-corrected chi connectivity index (χ2v) is 7.27. The van der Waals surface area contributed by atoms with Crippen LogP contribution in [-0.4, -0.2) is 16.1 Å². The Morgan fingerprint density at radius 3 is 2.33 bits per heavy atom. The molecule has 4 nitrogen and oxygen atoms in total. The van der Waals surface area contributed by atoms with Crippen LogP contribution >= 0.6 is 0 Å². The molecule has 0 saturated heterocycles. The quantitative estimate of drug-likeness (QED) is 0.442. The number of pyridine rings is 1. The van der Waals surface area contributed by atoms with Crippen LogP contribution in [0.4, 0.5) is 0 Å². The van der Waals surface area contributed by atoms with E-state index in [9.17, 15) is 4.79 Å². The normalized spacial score (nSPS) is 10.8. The Labute approximate surface area is 175 Å². The highest BCUT2D eigenvalue weighted by Gasteiger charge is 2.07. The first-order valence-electron chi connectivity index (χ1n) is 10.0. The number of hydrogen-bond donors (Lipinski definition) is 1. The minimum Gasteiger partial charge on any atom is -0.487 e. The highest BCUT2D eigenvalue weighted by Crippen LogP contribution is 2.18. The van der Waals surface area contributed by atoms with E-state index < -0.39 is 5.97 Å². The number of benzene rings is 3. The number of carboxylic acid groups (broad SMARTS) is 1. The number of nitrogens with zero attached hydrogens (tertiary/aromatic N) is 1. The number of aromatic nitrogens is 1. The first kappa shape index (κ1) is 19.6. The van der Waals surface area contributed by atoms with Crippen molar-refractivity contribution in [2.24, 2.45) is 0 Å². The second kappa shape index (κ2) is 9.23. The molecule has 30 heavy (non-hydrogen) atoms. The van der Waals surface area contributed by atoms with Crippen molar-refractivity contribution in [2.75, 3.05) is 0 Å². The number of aryl methyl sites for hydroxylation is 2. The van der Waals surface area contributed by atoms with Crippen molar-refractivity contribution in [3.05, 3.63) is 107 Å². The third-order valence-corrected chi connectivity index (χ3v) is 5.11. The molecule has 4 aromatic rings. The van der Waals surface area contributed by atoms with Gasteiger partial charge in [-0.1, -0.05) is 60.7 Å². The number of ether oxygens (including phenoxy) is 1. The molecule has 0 atom stereocenters. The van der Waals surface area contributed by atoms with Crippen LogP contribution in [0.1, 0.15) is 22.4 Å². The zero-order valence-corrected chi connectivity index (χ0v) is 16.6. The molecule has 0 spiro atoms. The van der Waals surface area contributed by atoms with Gasteiger partial charge in [-0.3, -0.25) is 4.79 Å². The second-order valence-electron chi connectivity index (χ2n) is 7.27. The predicted molar refractivity (Wildman–Crippen MR) is 118 cm³/mol. The smallest absolute Gasteiger partial charge is 0.307 e. The molecule has 0 fully saturated rings. The number of hydrogen-bond acceptors (Lipinski definition) is 3. The van der Waals surface area contributed by atoms with Crippen molar-refractivity contribution in [2.45, 2.75) is 25.9 Å². The number of aliphatic carboxylic acids is 1. The maximum Gasteiger partial charge on any atom is 0.307 e. The Hall–Kier alpha value is -3.66. The van der Waals surface area contributed by atoms with Crippen molar-refractivity contribution >= 4 is 16.9 Å². The Balaban J connectivity index is 1.34. The van der Waals surface area contributed by atoms with E-state index >= 15 is 0 Å². The molecule has 0 bridgehead atoms. The summed E-state index contributed by atoms with van der Waals surface area (Å²) in [7, 11) is 0. The lowest BCUT2D eigenvalue weighted by atomic mass is 9.98. The number of rotatable bonds is 8. The van der Waals surface area contributed by atoms with Crippen molar-refractivity contribution < 1.29 is 14.6 Å². The van der Waals surface area contributed by atoms with Gasteiger partial charge in [-0.2, -0.15) is 0 Å². The summed E-state index contributed by atoms with van der Waals surface area (Å²) in [4.78, 5) is 15.7. The average molecular weight is 397 g/mol. The summed E-state index contributed by atoms with van der Waals surface area (Å²) in [6.45, 7) is 0.423. The van der Waals surface area contributed by atoms with E-state index in [1.165, 1.54) is 5.56 Å². The molecule has 0 unspecified atom stereocenters. The summed E-state index contributed by atoms with van der Waals surface area (Å²) in [6, 6.07) is 27.9. The SMILES string of the molecule is O=C(O)Cc1ccccc1CCc1ccc(OCc2ccc3ccccc3n2)cc1. The van der Waals surface area contributed by atoms with Crippen molar-refractivity contribution in [3.63, 3.8) is 0 Å². The van der Waals surface area contributed by atoms with Gasteiger partial charge in [0, 0.05) is 5.39 Å². The molecule has 0 aliphatic carbocycles. The number of carbonyl (C=O) groups is 1. The van der Waals surface area contributed by atoms with Gasteiger partial charge < -0.3 is 9.84 Å². The van der Waals surface area contributed by atoms with E-state index in [0.717, 1.165) is 46.3 Å². The zero-order chi connectivity index (χ0) is 20.8. The molecule has 0 aliphatic rings. The molecule has 0 aliphatic heterocycles. The summed E-state index contributed by atoms with van der Waals surface area (Å²) >= 11 is 0. The maximum atomic E-state index is 11.0. The maximum absolute atomic E-state index is 11.0. The third kappa shape index (κ3) is 5.03. The van der Waals surface area contributed by atoms with Gasteiger partial charge in [0.25, 0.3) is 0 Å². The predicted octanol–water partition coefficient (Wildman–Crippen LogP) is 5.23. The van der Waals surface area contributed by atoms with Crippen molar-refractivity contribution in [3.8, 4) is 5.75 Å². The number of para-hydroxylation sites is 1. The van der Waals surface area contributed by atoms with Crippen LogP contribution < -0.4 is 4.74 Å². The molecule has 1 aromatic heterocycles. The van der Waals surface area contributed by atoms with Crippen LogP contribution in [0, 0.1) is 0 Å². The molecule has 4 heteroatoms. The molecule has 0 amide bonds. The van der Waals surface area contributed by atoms with Gasteiger partial charge in [0.05, 0.1) is 17.6 Å². The van der Waals surface area contributed by atoms with E-state index in [1.54, 1.807) is 0 Å². The monoisotopic (exact) mass is 397 g/mol. The van der Waals surface area contributed by atoms with Crippen molar-refractivity contribution in [1.82, 2.24) is 4.98 Å². The fraction of sp³-hybridized carbons (Fsp3) is 0.154. The first-order chi connectivity index (χ1) is 14.7. The largest absolute Gasteiger partial charge is 0.487 e. The van der Waals surface area contributed by atoms with Gasteiger partial charge in [-0.05, 0) is 53.8 Å². The standard InChI is InChI=1S/C26H23NO3/c28-26(29)17-22-7-2-1-5-20(22)12-9-19-10-15-24(16-11-19)30-18-23-14-13-21-6-3-4-8-25(21)27-23/h1-8,10-11,13-16H,9,12,17-18H2,(H,28,29). The van der Waals surface area contributed by atoms with Gasteiger partial charge in [0.2, 0.25) is 0 Å². The van der Waals surface area contributed by atoms with Gasteiger partial charge in [-0.25, -0.2) is 4.98 Å². The van der Waals surface area contributed by atoms with Crippen LogP contribution in [0.2, 0.25) is 0 Å². The van der Waals surface area contributed by atoms with Gasteiger partial charge in [0.15, 0.2) is 0 Å². The highest BCUT2D eigenvalue weighted by molar-refractivity contribution is 5.78. The average Bonchev–Trinajstić information content (AvgIpc) is 2.77. The minimum atomic E-state index is -0.801. The molecule has 3 aromatic carbocycles. The zero-order valence-electron chi connectivity index (χ0n) is 16.6. The molecular formula is C26H23NO3. The minimum absolute atomic E-state index is 0.0613. The topological polar surface area (TPSA) is 59.4 Å². The van der Waals surface area contributed by atoms with E-state index in [-0.39, 0.29) is 6.42 Å². The van der Waals surface area contributed by atoms with Gasteiger partial charge in [0.1, 0.15) is 12.4 Å². The summed E-state index contributed by atoms with van der Waals surface area (Å²) in [6.07, 6.45) is 1.72. The summed E-state index contributed by atoms with van der Waals surface area (Å²) in [5, 5.41) is 10.2. The van der Waals surface area contributed by atoms with Gasteiger partial charge >= 0.3 is 5.97 Å². The summed E-state index contributed by atoms with van der Waals surface area (Å²) in [5.41, 5.74) is 5.02.